The lowest BCUT2D eigenvalue weighted by molar-refractivity contribution is -0.139. The molecule has 0 fully saturated rings. The van der Waals surface area contributed by atoms with Crippen molar-refractivity contribution in [2.24, 2.45) is 0 Å². The second kappa shape index (κ2) is 7.08. The molecule has 1 aromatic carbocycles. The Morgan fingerprint density at radius 1 is 1.41 bits per heavy atom. The molecule has 7 nitrogen and oxygen atoms in total. The predicted molar refractivity (Wildman–Crippen MR) is 83.0 cm³/mol. The molecule has 0 aliphatic carbocycles. The van der Waals surface area contributed by atoms with Crippen LogP contribution in [0.3, 0.4) is 0 Å². The summed E-state index contributed by atoms with van der Waals surface area (Å²) in [6.45, 7) is 3.19. The fourth-order valence-corrected chi connectivity index (χ4v) is 2.66. The van der Waals surface area contributed by atoms with Crippen LogP contribution in [-0.4, -0.2) is 39.0 Å². The third-order valence-corrected chi connectivity index (χ3v) is 3.81. The number of hydrogen-bond donors (Lipinski definition) is 1. The largest absolute Gasteiger partial charge is 0.468 e. The van der Waals surface area contributed by atoms with Gasteiger partial charge in [-0.2, -0.15) is 0 Å². The number of ether oxygens (including phenoxy) is 1. The third-order valence-electron chi connectivity index (χ3n) is 2.78. The summed E-state index contributed by atoms with van der Waals surface area (Å²) in [6, 6.07) is 7.27. The molecule has 0 bridgehead atoms. The first kappa shape index (κ1) is 16.0. The Morgan fingerprint density at radius 3 is 2.86 bits per heavy atom. The summed E-state index contributed by atoms with van der Waals surface area (Å²) < 4.78 is 6.45. The Morgan fingerprint density at radius 2 is 2.18 bits per heavy atom. The molecule has 1 atom stereocenters. The predicted octanol–water partition coefficient (Wildman–Crippen LogP) is 1.88. The number of rotatable bonds is 5. The van der Waals surface area contributed by atoms with Crippen LogP contribution in [0.4, 0.5) is 5.69 Å². The van der Waals surface area contributed by atoms with Crippen LogP contribution in [0.15, 0.2) is 35.7 Å². The number of amides is 1. The van der Waals surface area contributed by atoms with Crippen LogP contribution in [0.25, 0.3) is 5.69 Å². The van der Waals surface area contributed by atoms with Gasteiger partial charge in [0, 0.05) is 12.6 Å². The van der Waals surface area contributed by atoms with Crippen molar-refractivity contribution < 1.29 is 14.3 Å². The van der Waals surface area contributed by atoms with Gasteiger partial charge in [0.2, 0.25) is 5.91 Å². The summed E-state index contributed by atoms with van der Waals surface area (Å²) >= 11 is 1.25. The van der Waals surface area contributed by atoms with Crippen molar-refractivity contribution in [3.63, 3.8) is 0 Å². The van der Waals surface area contributed by atoms with Gasteiger partial charge in [-0.05, 0) is 25.1 Å². The standard InChI is InChI=1S/C14H16N4O3S/c1-9(13(20)21-3)22-14-17-15-8-18(14)12-6-4-5-11(7-12)16-10(2)19/h4-9H,1-3H3,(H,16,19). The van der Waals surface area contributed by atoms with Crippen molar-refractivity contribution in [3.05, 3.63) is 30.6 Å². The zero-order chi connectivity index (χ0) is 16.1. The molecule has 0 aliphatic rings. The van der Waals surface area contributed by atoms with E-state index in [2.05, 4.69) is 15.5 Å². The molecule has 8 heteroatoms. The molecule has 0 aliphatic heterocycles. The highest BCUT2D eigenvalue weighted by Gasteiger charge is 2.18. The molecule has 2 aromatic rings. The minimum atomic E-state index is -0.397. The van der Waals surface area contributed by atoms with Crippen LogP contribution < -0.4 is 5.32 Å². The van der Waals surface area contributed by atoms with E-state index in [4.69, 9.17) is 4.74 Å². The van der Waals surface area contributed by atoms with Gasteiger partial charge in [-0.25, -0.2) is 0 Å². The van der Waals surface area contributed by atoms with Crippen LogP contribution in [-0.2, 0) is 14.3 Å². The number of carbonyl (C=O) groups excluding carboxylic acids is 2. The smallest absolute Gasteiger partial charge is 0.318 e. The number of benzene rings is 1. The van der Waals surface area contributed by atoms with E-state index in [1.165, 1.54) is 25.8 Å². The average molecular weight is 320 g/mol. The highest BCUT2D eigenvalue weighted by molar-refractivity contribution is 8.00. The van der Waals surface area contributed by atoms with Gasteiger partial charge in [0.1, 0.15) is 11.6 Å². The number of hydrogen-bond acceptors (Lipinski definition) is 6. The number of carbonyl (C=O) groups is 2. The number of anilines is 1. The second-order valence-electron chi connectivity index (χ2n) is 4.50. The Balaban J connectivity index is 2.25. The van der Waals surface area contributed by atoms with Gasteiger partial charge in [-0.3, -0.25) is 14.2 Å². The van der Waals surface area contributed by atoms with Gasteiger partial charge in [-0.1, -0.05) is 17.8 Å². The third kappa shape index (κ3) is 3.85. The van der Waals surface area contributed by atoms with Gasteiger partial charge >= 0.3 is 5.97 Å². The molecular weight excluding hydrogens is 304 g/mol. The first-order valence-electron chi connectivity index (χ1n) is 6.54. The maximum absolute atomic E-state index is 11.5. The molecule has 0 spiro atoms. The molecule has 116 valence electrons. The molecular formula is C14H16N4O3S. The van der Waals surface area contributed by atoms with E-state index in [9.17, 15) is 9.59 Å². The molecule has 1 amide bonds. The van der Waals surface area contributed by atoms with E-state index < -0.39 is 5.25 Å². The zero-order valence-electron chi connectivity index (χ0n) is 12.4. The summed E-state index contributed by atoms with van der Waals surface area (Å²) in [5, 5.41) is 10.8. The zero-order valence-corrected chi connectivity index (χ0v) is 13.3. The molecule has 1 unspecified atom stereocenters. The van der Waals surface area contributed by atoms with E-state index in [1.807, 2.05) is 12.1 Å². The van der Waals surface area contributed by atoms with Crippen LogP contribution >= 0.6 is 11.8 Å². The lowest BCUT2D eigenvalue weighted by Gasteiger charge is -2.11. The number of nitrogens with one attached hydrogen (secondary N) is 1. The van der Waals surface area contributed by atoms with Crippen molar-refractivity contribution in [1.82, 2.24) is 14.8 Å². The second-order valence-corrected chi connectivity index (χ2v) is 5.81. The van der Waals surface area contributed by atoms with Crippen molar-refractivity contribution in [1.29, 1.82) is 0 Å². The molecule has 1 aromatic heterocycles. The quantitative estimate of drug-likeness (QED) is 0.669. The van der Waals surface area contributed by atoms with E-state index in [-0.39, 0.29) is 11.9 Å². The molecule has 1 heterocycles. The highest BCUT2D eigenvalue weighted by Crippen LogP contribution is 2.25. The summed E-state index contributed by atoms with van der Waals surface area (Å²) in [4.78, 5) is 22.6. The topological polar surface area (TPSA) is 86.1 Å². The van der Waals surface area contributed by atoms with Crippen molar-refractivity contribution >= 4 is 29.3 Å². The maximum atomic E-state index is 11.5. The summed E-state index contributed by atoms with van der Waals surface area (Å²) in [5.74, 6) is -0.471. The Hall–Kier alpha value is -2.35. The van der Waals surface area contributed by atoms with Crippen LogP contribution in [0.2, 0.25) is 0 Å². The SMILES string of the molecule is COC(=O)C(C)Sc1nncn1-c1cccc(NC(C)=O)c1. The number of methoxy groups -OCH3 is 1. The van der Waals surface area contributed by atoms with Crippen LogP contribution in [0.5, 0.6) is 0 Å². The van der Waals surface area contributed by atoms with Gasteiger partial charge in [0.15, 0.2) is 5.16 Å². The number of thioether (sulfide) groups is 1. The fourth-order valence-electron chi connectivity index (χ4n) is 1.79. The lowest BCUT2D eigenvalue weighted by Crippen LogP contribution is -2.15. The van der Waals surface area contributed by atoms with Gasteiger partial charge in [-0.15, -0.1) is 10.2 Å². The van der Waals surface area contributed by atoms with E-state index in [0.717, 1.165) is 5.69 Å². The summed E-state index contributed by atoms with van der Waals surface area (Å²) in [7, 11) is 1.35. The van der Waals surface area contributed by atoms with Gasteiger partial charge in [0.25, 0.3) is 0 Å². The van der Waals surface area contributed by atoms with E-state index in [0.29, 0.717) is 10.8 Å². The molecule has 22 heavy (non-hydrogen) atoms. The van der Waals surface area contributed by atoms with Crippen LogP contribution in [0, 0.1) is 0 Å². The number of nitrogens with zero attached hydrogens (tertiary/aromatic N) is 3. The minimum absolute atomic E-state index is 0.144. The molecule has 0 saturated heterocycles. The average Bonchev–Trinajstić information content (AvgIpc) is 2.94. The first-order valence-corrected chi connectivity index (χ1v) is 7.41. The van der Waals surface area contributed by atoms with Gasteiger partial charge < -0.3 is 10.1 Å². The fraction of sp³-hybridized carbons (Fsp3) is 0.286. The Kier molecular flexibility index (Phi) is 5.16. The summed E-state index contributed by atoms with van der Waals surface area (Å²) in [5.41, 5.74) is 1.46. The van der Waals surface area contributed by atoms with Crippen molar-refractivity contribution in [3.8, 4) is 5.69 Å². The first-order chi connectivity index (χ1) is 10.5. The Labute approximate surface area is 132 Å². The van der Waals surface area contributed by atoms with Gasteiger partial charge in [0.05, 0.1) is 12.8 Å². The number of esters is 1. The highest BCUT2D eigenvalue weighted by atomic mass is 32.2. The van der Waals surface area contributed by atoms with Crippen molar-refractivity contribution in [2.45, 2.75) is 24.3 Å². The Bertz CT molecular complexity index is 686. The maximum Gasteiger partial charge on any atom is 0.318 e. The van der Waals surface area contributed by atoms with Crippen molar-refractivity contribution in [2.75, 3.05) is 12.4 Å². The summed E-state index contributed by atoms with van der Waals surface area (Å²) in [6.07, 6.45) is 1.55. The normalized spacial score (nSPS) is 11.8. The minimum Gasteiger partial charge on any atom is -0.468 e. The lowest BCUT2D eigenvalue weighted by atomic mass is 10.2. The van der Waals surface area contributed by atoms with E-state index >= 15 is 0 Å². The molecule has 0 radical (unpaired) electrons. The molecule has 0 saturated carbocycles. The molecule has 2 rings (SSSR count). The van der Waals surface area contributed by atoms with E-state index in [1.54, 1.807) is 30.0 Å². The monoisotopic (exact) mass is 320 g/mol. The number of aromatic nitrogens is 3. The van der Waals surface area contributed by atoms with Crippen LogP contribution in [0.1, 0.15) is 13.8 Å². The molecule has 1 N–H and O–H groups in total.